The van der Waals surface area contributed by atoms with Crippen molar-refractivity contribution in [3.05, 3.63) is 47.8 Å². The van der Waals surface area contributed by atoms with Crippen LogP contribution in [0.4, 0.5) is 0 Å². The van der Waals surface area contributed by atoms with E-state index in [1.54, 1.807) is 10.7 Å². The number of aliphatic hydroxyl groups excluding tert-OH is 1. The minimum atomic E-state index is -0.676. The molecule has 1 heterocycles. The lowest BCUT2D eigenvalue weighted by molar-refractivity contribution is 0.0887. The highest BCUT2D eigenvalue weighted by Crippen LogP contribution is 2.09. The van der Waals surface area contributed by atoms with E-state index in [0.717, 1.165) is 11.4 Å². The molecule has 2 rings (SSSR count). The first-order valence-corrected chi connectivity index (χ1v) is 5.99. The number of nitrogens with zero attached hydrogens (tertiary/aromatic N) is 3. The molecule has 5 nitrogen and oxygen atoms in total. The first-order chi connectivity index (χ1) is 9.19. The minimum absolute atomic E-state index is 0.186. The van der Waals surface area contributed by atoms with E-state index in [9.17, 15) is 5.11 Å². The van der Waals surface area contributed by atoms with Crippen molar-refractivity contribution in [3.63, 3.8) is 0 Å². The average molecular weight is 257 g/mol. The van der Waals surface area contributed by atoms with Crippen molar-refractivity contribution in [2.24, 2.45) is 0 Å². The number of hydrogen-bond donors (Lipinski definition) is 1. The molecule has 0 amide bonds. The van der Waals surface area contributed by atoms with Crippen molar-refractivity contribution in [3.8, 4) is 11.8 Å². The van der Waals surface area contributed by atoms with Crippen LogP contribution in [-0.4, -0.2) is 27.6 Å². The summed E-state index contributed by atoms with van der Waals surface area (Å²) in [6.07, 6.45) is -0.676. The molecule has 0 aliphatic heterocycles. The first-order valence-electron chi connectivity index (χ1n) is 5.99. The van der Waals surface area contributed by atoms with E-state index in [4.69, 9.17) is 10.00 Å². The standard InChI is InChI=1S/C14H15N3O2/c1-11-7-12(8-15)16-17(11)9-13(18)10-19-14-5-3-2-4-6-14/h2-7,13,18H,9-10H2,1H3. The zero-order valence-electron chi connectivity index (χ0n) is 10.7. The Bertz CT molecular complexity index is 572. The van der Waals surface area contributed by atoms with E-state index in [-0.39, 0.29) is 6.61 Å². The topological polar surface area (TPSA) is 71.1 Å². The Kier molecular flexibility index (Phi) is 4.16. The number of benzene rings is 1. The highest BCUT2D eigenvalue weighted by Gasteiger charge is 2.10. The minimum Gasteiger partial charge on any atom is -0.491 e. The summed E-state index contributed by atoms with van der Waals surface area (Å²) in [5.41, 5.74) is 1.20. The molecule has 1 aromatic carbocycles. The summed E-state index contributed by atoms with van der Waals surface area (Å²) in [4.78, 5) is 0. The molecule has 1 N–H and O–H groups in total. The predicted octanol–water partition coefficient (Wildman–Crippen LogP) is 1.50. The van der Waals surface area contributed by atoms with Gasteiger partial charge in [0.2, 0.25) is 0 Å². The summed E-state index contributed by atoms with van der Waals surface area (Å²) in [6.45, 7) is 2.34. The molecule has 2 aromatic rings. The monoisotopic (exact) mass is 257 g/mol. The van der Waals surface area contributed by atoms with Gasteiger partial charge in [0.05, 0.1) is 6.54 Å². The largest absolute Gasteiger partial charge is 0.491 e. The van der Waals surface area contributed by atoms with Gasteiger partial charge in [0.15, 0.2) is 5.69 Å². The molecule has 1 atom stereocenters. The van der Waals surface area contributed by atoms with Crippen LogP contribution in [0.2, 0.25) is 0 Å². The number of aliphatic hydroxyl groups is 1. The molecule has 0 saturated carbocycles. The van der Waals surface area contributed by atoms with Crippen LogP contribution in [0.25, 0.3) is 0 Å². The Balaban J connectivity index is 1.89. The molecule has 19 heavy (non-hydrogen) atoms. The van der Waals surface area contributed by atoms with Crippen molar-refractivity contribution >= 4 is 0 Å². The quantitative estimate of drug-likeness (QED) is 0.881. The van der Waals surface area contributed by atoms with E-state index in [1.165, 1.54) is 0 Å². The summed E-state index contributed by atoms with van der Waals surface area (Å²) in [7, 11) is 0. The van der Waals surface area contributed by atoms with Gasteiger partial charge in [0, 0.05) is 5.69 Å². The summed E-state index contributed by atoms with van der Waals surface area (Å²) in [5, 5.41) is 22.7. The molecule has 0 aliphatic carbocycles. The Hall–Kier alpha value is -2.32. The maximum atomic E-state index is 9.90. The summed E-state index contributed by atoms with van der Waals surface area (Å²) < 4.78 is 7.07. The van der Waals surface area contributed by atoms with Crippen LogP contribution < -0.4 is 4.74 Å². The van der Waals surface area contributed by atoms with Gasteiger partial charge < -0.3 is 9.84 Å². The summed E-state index contributed by atoms with van der Waals surface area (Å²) in [6, 6.07) is 13.0. The lowest BCUT2D eigenvalue weighted by atomic mass is 10.3. The van der Waals surface area contributed by atoms with Crippen LogP contribution in [-0.2, 0) is 6.54 Å². The normalized spacial score (nSPS) is 11.8. The molecular weight excluding hydrogens is 242 g/mol. The van der Waals surface area contributed by atoms with E-state index in [1.807, 2.05) is 43.3 Å². The number of rotatable bonds is 5. The second-order valence-corrected chi connectivity index (χ2v) is 4.24. The smallest absolute Gasteiger partial charge is 0.162 e. The number of hydrogen-bond acceptors (Lipinski definition) is 4. The van der Waals surface area contributed by atoms with Gasteiger partial charge in [-0.25, -0.2) is 0 Å². The summed E-state index contributed by atoms with van der Waals surface area (Å²) >= 11 is 0. The van der Waals surface area contributed by atoms with Gasteiger partial charge in [-0.05, 0) is 25.1 Å². The van der Waals surface area contributed by atoms with Crippen molar-refractivity contribution in [2.75, 3.05) is 6.61 Å². The Labute approximate surface area is 111 Å². The van der Waals surface area contributed by atoms with Gasteiger partial charge in [-0.3, -0.25) is 4.68 Å². The molecule has 0 bridgehead atoms. The predicted molar refractivity (Wildman–Crippen MR) is 69.6 cm³/mol. The van der Waals surface area contributed by atoms with Crippen LogP contribution in [0.1, 0.15) is 11.4 Å². The summed E-state index contributed by atoms with van der Waals surface area (Å²) in [5.74, 6) is 0.719. The Morgan fingerprint density at radius 1 is 1.42 bits per heavy atom. The highest BCUT2D eigenvalue weighted by molar-refractivity contribution is 5.22. The number of nitriles is 1. The highest BCUT2D eigenvalue weighted by atomic mass is 16.5. The van der Waals surface area contributed by atoms with Crippen LogP contribution in [0.15, 0.2) is 36.4 Å². The third-order valence-electron chi connectivity index (χ3n) is 2.67. The number of para-hydroxylation sites is 1. The van der Waals surface area contributed by atoms with Crippen molar-refractivity contribution in [1.29, 1.82) is 5.26 Å². The average Bonchev–Trinajstić information content (AvgIpc) is 2.78. The Morgan fingerprint density at radius 3 is 2.79 bits per heavy atom. The van der Waals surface area contributed by atoms with Gasteiger partial charge in [-0.2, -0.15) is 10.4 Å². The van der Waals surface area contributed by atoms with Crippen molar-refractivity contribution in [1.82, 2.24) is 9.78 Å². The molecule has 0 saturated heterocycles. The molecule has 0 aliphatic rings. The van der Waals surface area contributed by atoms with Crippen LogP contribution in [0.5, 0.6) is 5.75 Å². The zero-order chi connectivity index (χ0) is 13.7. The number of ether oxygens (including phenoxy) is 1. The molecule has 98 valence electrons. The lowest BCUT2D eigenvalue weighted by Crippen LogP contribution is -2.24. The number of aryl methyl sites for hydroxylation is 1. The van der Waals surface area contributed by atoms with Gasteiger partial charge in [-0.1, -0.05) is 18.2 Å². The fourth-order valence-corrected chi connectivity index (χ4v) is 1.71. The SMILES string of the molecule is Cc1cc(C#N)nn1CC(O)COc1ccccc1. The fourth-order valence-electron chi connectivity index (χ4n) is 1.71. The van der Waals surface area contributed by atoms with Crippen LogP contribution in [0, 0.1) is 18.3 Å². The van der Waals surface area contributed by atoms with Crippen LogP contribution >= 0.6 is 0 Å². The molecule has 5 heteroatoms. The molecular formula is C14H15N3O2. The van der Waals surface area contributed by atoms with Gasteiger partial charge in [-0.15, -0.1) is 0 Å². The van der Waals surface area contributed by atoms with Crippen molar-refractivity contribution in [2.45, 2.75) is 19.6 Å². The van der Waals surface area contributed by atoms with Crippen molar-refractivity contribution < 1.29 is 9.84 Å². The second-order valence-electron chi connectivity index (χ2n) is 4.24. The third-order valence-corrected chi connectivity index (χ3v) is 2.67. The molecule has 1 aromatic heterocycles. The van der Waals surface area contributed by atoms with Gasteiger partial charge in [0.25, 0.3) is 0 Å². The van der Waals surface area contributed by atoms with E-state index in [0.29, 0.717) is 12.2 Å². The second kappa shape index (κ2) is 6.03. The van der Waals surface area contributed by atoms with E-state index < -0.39 is 6.10 Å². The molecule has 0 radical (unpaired) electrons. The fraction of sp³-hybridized carbons (Fsp3) is 0.286. The maximum absolute atomic E-state index is 9.90. The van der Waals surface area contributed by atoms with Crippen LogP contribution in [0.3, 0.4) is 0 Å². The third kappa shape index (κ3) is 3.57. The van der Waals surface area contributed by atoms with Gasteiger partial charge in [0.1, 0.15) is 24.5 Å². The lowest BCUT2D eigenvalue weighted by Gasteiger charge is -2.13. The first kappa shape index (κ1) is 13.1. The molecule has 0 spiro atoms. The Morgan fingerprint density at radius 2 is 2.16 bits per heavy atom. The molecule has 1 unspecified atom stereocenters. The maximum Gasteiger partial charge on any atom is 0.162 e. The van der Waals surface area contributed by atoms with E-state index in [2.05, 4.69) is 5.10 Å². The zero-order valence-corrected chi connectivity index (χ0v) is 10.7. The molecule has 0 fully saturated rings. The number of aromatic nitrogens is 2. The van der Waals surface area contributed by atoms with Gasteiger partial charge >= 0.3 is 0 Å². The van der Waals surface area contributed by atoms with E-state index >= 15 is 0 Å².